The van der Waals surface area contributed by atoms with Gasteiger partial charge in [-0.2, -0.15) is 9.40 Å². The second-order valence-electron chi connectivity index (χ2n) is 6.68. The highest BCUT2D eigenvalue weighted by molar-refractivity contribution is 7.89. The predicted octanol–water partition coefficient (Wildman–Crippen LogP) is 2.97. The van der Waals surface area contributed by atoms with Crippen molar-refractivity contribution in [1.29, 1.82) is 0 Å². The normalized spacial score (nSPS) is 15.7. The molecule has 1 amide bonds. The molecule has 1 aromatic carbocycles. The molecular formula is C18H23ClN4O3S. The van der Waals surface area contributed by atoms with Crippen LogP contribution in [0.25, 0.3) is 0 Å². The van der Waals surface area contributed by atoms with E-state index in [0.717, 1.165) is 25.0 Å². The van der Waals surface area contributed by atoms with E-state index in [-0.39, 0.29) is 17.3 Å². The van der Waals surface area contributed by atoms with Gasteiger partial charge in [0.15, 0.2) is 0 Å². The summed E-state index contributed by atoms with van der Waals surface area (Å²) < 4.78 is 28.4. The largest absolute Gasteiger partial charge is 0.324 e. The molecule has 2 heterocycles. The first-order valence-corrected chi connectivity index (χ1v) is 10.7. The Kier molecular flexibility index (Phi) is 5.88. The first-order valence-electron chi connectivity index (χ1n) is 8.88. The fraction of sp³-hybridized carbons (Fsp3) is 0.444. The number of benzene rings is 1. The van der Waals surface area contributed by atoms with E-state index in [2.05, 4.69) is 10.4 Å². The lowest BCUT2D eigenvalue weighted by Crippen LogP contribution is -2.35. The minimum Gasteiger partial charge on any atom is -0.324 e. The van der Waals surface area contributed by atoms with E-state index in [0.29, 0.717) is 29.5 Å². The van der Waals surface area contributed by atoms with E-state index in [9.17, 15) is 13.2 Å². The maximum atomic E-state index is 12.6. The van der Waals surface area contributed by atoms with Crippen molar-refractivity contribution in [1.82, 2.24) is 14.1 Å². The zero-order valence-electron chi connectivity index (χ0n) is 15.4. The van der Waals surface area contributed by atoms with E-state index < -0.39 is 10.0 Å². The number of nitrogens with zero attached hydrogens (tertiary/aromatic N) is 3. The average molecular weight is 411 g/mol. The number of sulfonamides is 1. The van der Waals surface area contributed by atoms with Crippen molar-refractivity contribution >= 4 is 33.2 Å². The predicted molar refractivity (Wildman–Crippen MR) is 104 cm³/mol. The lowest BCUT2D eigenvalue weighted by molar-refractivity contribution is -0.116. The SMILES string of the molecule is Cc1nn(CC(=O)Nc2ccc(S(=O)(=O)N3CCCCC3)cc2)c(C)c1Cl. The van der Waals surface area contributed by atoms with E-state index in [4.69, 9.17) is 11.6 Å². The monoisotopic (exact) mass is 410 g/mol. The first-order chi connectivity index (χ1) is 12.8. The van der Waals surface area contributed by atoms with Crippen LogP contribution in [-0.4, -0.2) is 41.5 Å². The number of amides is 1. The number of nitrogens with one attached hydrogen (secondary N) is 1. The van der Waals surface area contributed by atoms with Crippen LogP contribution >= 0.6 is 11.6 Å². The van der Waals surface area contributed by atoms with Gasteiger partial charge in [-0.15, -0.1) is 0 Å². The van der Waals surface area contributed by atoms with Crippen molar-refractivity contribution in [3.8, 4) is 0 Å². The number of piperidine rings is 1. The molecule has 0 radical (unpaired) electrons. The molecule has 1 saturated heterocycles. The molecule has 0 bridgehead atoms. The Morgan fingerprint density at radius 1 is 1.15 bits per heavy atom. The number of aryl methyl sites for hydroxylation is 1. The smallest absolute Gasteiger partial charge is 0.246 e. The molecule has 1 aromatic heterocycles. The topological polar surface area (TPSA) is 84.3 Å². The highest BCUT2D eigenvalue weighted by Crippen LogP contribution is 2.22. The third-order valence-corrected chi connectivity index (χ3v) is 7.14. The molecule has 0 spiro atoms. The quantitative estimate of drug-likeness (QED) is 0.821. The van der Waals surface area contributed by atoms with Crippen LogP contribution in [0.15, 0.2) is 29.2 Å². The van der Waals surface area contributed by atoms with Crippen molar-refractivity contribution in [3.05, 3.63) is 40.7 Å². The van der Waals surface area contributed by atoms with Gasteiger partial charge in [0.05, 0.1) is 21.3 Å². The van der Waals surface area contributed by atoms with E-state index in [1.54, 1.807) is 30.7 Å². The van der Waals surface area contributed by atoms with Gasteiger partial charge in [-0.1, -0.05) is 18.0 Å². The summed E-state index contributed by atoms with van der Waals surface area (Å²) in [5, 5.41) is 7.53. The van der Waals surface area contributed by atoms with Crippen LogP contribution in [0.4, 0.5) is 5.69 Å². The number of carbonyl (C=O) groups is 1. The van der Waals surface area contributed by atoms with Gasteiger partial charge in [0.2, 0.25) is 15.9 Å². The van der Waals surface area contributed by atoms with Gasteiger partial charge < -0.3 is 5.32 Å². The van der Waals surface area contributed by atoms with Gasteiger partial charge in [0.25, 0.3) is 0 Å². The second kappa shape index (κ2) is 8.00. The van der Waals surface area contributed by atoms with Gasteiger partial charge in [0.1, 0.15) is 6.54 Å². The van der Waals surface area contributed by atoms with Crippen LogP contribution in [0, 0.1) is 13.8 Å². The van der Waals surface area contributed by atoms with Crippen LogP contribution in [0.2, 0.25) is 5.02 Å². The number of hydrogen-bond acceptors (Lipinski definition) is 4. The molecular weight excluding hydrogens is 388 g/mol. The number of aromatic nitrogens is 2. The van der Waals surface area contributed by atoms with Crippen LogP contribution in [0.5, 0.6) is 0 Å². The van der Waals surface area contributed by atoms with Crippen LogP contribution in [-0.2, 0) is 21.4 Å². The summed E-state index contributed by atoms with van der Waals surface area (Å²) in [4.78, 5) is 12.5. The fourth-order valence-corrected chi connectivity index (χ4v) is 4.78. The molecule has 9 heteroatoms. The number of rotatable bonds is 5. The van der Waals surface area contributed by atoms with Crippen molar-refractivity contribution in [2.75, 3.05) is 18.4 Å². The van der Waals surface area contributed by atoms with Crippen molar-refractivity contribution in [2.24, 2.45) is 0 Å². The summed E-state index contributed by atoms with van der Waals surface area (Å²) in [6.45, 7) is 4.74. The average Bonchev–Trinajstić information content (AvgIpc) is 2.89. The lowest BCUT2D eigenvalue weighted by Gasteiger charge is -2.25. The van der Waals surface area contributed by atoms with Crippen molar-refractivity contribution in [2.45, 2.75) is 44.6 Å². The fourth-order valence-electron chi connectivity index (χ4n) is 3.13. The molecule has 2 aromatic rings. The van der Waals surface area contributed by atoms with Gasteiger partial charge in [-0.05, 0) is 51.0 Å². The summed E-state index contributed by atoms with van der Waals surface area (Å²) in [5.41, 5.74) is 1.94. The molecule has 1 aliphatic rings. The third-order valence-electron chi connectivity index (χ3n) is 4.68. The Bertz CT molecular complexity index is 932. The zero-order valence-corrected chi connectivity index (χ0v) is 17.0. The van der Waals surface area contributed by atoms with E-state index >= 15 is 0 Å². The molecule has 0 saturated carbocycles. The summed E-state index contributed by atoms with van der Waals surface area (Å²) in [6, 6.07) is 6.26. The highest BCUT2D eigenvalue weighted by atomic mass is 35.5. The van der Waals surface area contributed by atoms with Gasteiger partial charge >= 0.3 is 0 Å². The summed E-state index contributed by atoms with van der Waals surface area (Å²) in [7, 11) is -3.47. The van der Waals surface area contributed by atoms with E-state index in [1.807, 2.05) is 0 Å². The molecule has 0 aliphatic carbocycles. The highest BCUT2D eigenvalue weighted by Gasteiger charge is 2.25. The molecule has 7 nitrogen and oxygen atoms in total. The van der Waals surface area contributed by atoms with Crippen molar-refractivity contribution < 1.29 is 13.2 Å². The Balaban J connectivity index is 1.66. The molecule has 146 valence electrons. The minimum absolute atomic E-state index is 0.0349. The number of hydrogen-bond donors (Lipinski definition) is 1. The minimum atomic E-state index is -3.47. The Morgan fingerprint density at radius 2 is 1.78 bits per heavy atom. The maximum Gasteiger partial charge on any atom is 0.246 e. The first kappa shape index (κ1) is 19.9. The standard InChI is InChI=1S/C18H23ClN4O3S/c1-13-18(19)14(2)23(21-13)12-17(24)20-15-6-8-16(9-7-15)27(25,26)22-10-4-3-5-11-22/h6-9H,3-5,10-12H2,1-2H3,(H,20,24). The molecule has 3 rings (SSSR count). The number of carbonyl (C=O) groups excluding carboxylic acids is 1. The number of anilines is 1. The van der Waals surface area contributed by atoms with Gasteiger partial charge in [0, 0.05) is 18.8 Å². The van der Waals surface area contributed by atoms with Crippen LogP contribution in [0.1, 0.15) is 30.7 Å². The summed E-state index contributed by atoms with van der Waals surface area (Å²) >= 11 is 6.09. The molecule has 0 unspecified atom stereocenters. The molecule has 27 heavy (non-hydrogen) atoms. The van der Waals surface area contributed by atoms with Crippen LogP contribution in [0.3, 0.4) is 0 Å². The van der Waals surface area contributed by atoms with Gasteiger partial charge in [-0.25, -0.2) is 8.42 Å². The van der Waals surface area contributed by atoms with Gasteiger partial charge in [-0.3, -0.25) is 9.48 Å². The Labute approximate surface area is 164 Å². The lowest BCUT2D eigenvalue weighted by atomic mass is 10.2. The zero-order chi connectivity index (χ0) is 19.6. The molecule has 1 aliphatic heterocycles. The Morgan fingerprint density at radius 3 is 2.33 bits per heavy atom. The van der Waals surface area contributed by atoms with Crippen molar-refractivity contribution in [3.63, 3.8) is 0 Å². The van der Waals surface area contributed by atoms with E-state index in [1.165, 1.54) is 16.4 Å². The van der Waals surface area contributed by atoms with Crippen LogP contribution < -0.4 is 5.32 Å². The summed E-state index contributed by atoms with van der Waals surface area (Å²) in [5.74, 6) is -0.260. The second-order valence-corrected chi connectivity index (χ2v) is 9.00. The molecule has 1 N–H and O–H groups in total. The maximum absolute atomic E-state index is 12.6. The summed E-state index contributed by atoms with van der Waals surface area (Å²) in [6.07, 6.45) is 2.85. The third kappa shape index (κ3) is 4.34. The molecule has 1 fully saturated rings. The Hall–Kier alpha value is -1.90. The molecule has 0 atom stereocenters. The number of halogens is 1.